The monoisotopic (exact) mass is 368 g/mol. The van der Waals surface area contributed by atoms with Gasteiger partial charge in [0.15, 0.2) is 5.82 Å². The second-order valence-electron chi connectivity index (χ2n) is 7.05. The van der Waals surface area contributed by atoms with Crippen LogP contribution in [-0.4, -0.2) is 58.2 Å². The van der Waals surface area contributed by atoms with Crippen LogP contribution in [0.5, 0.6) is 0 Å². The largest absolute Gasteiger partial charge is 0.340 e. The van der Waals surface area contributed by atoms with Crippen LogP contribution in [0.4, 0.5) is 0 Å². The molecule has 3 aromatic heterocycles. The molecule has 3 aromatic rings. The maximum Gasteiger partial charge on any atom is 0.244 e. The summed E-state index contributed by atoms with van der Waals surface area (Å²) in [5, 5.41) is 17.2. The molecule has 1 aliphatic rings. The maximum atomic E-state index is 12.7. The van der Waals surface area contributed by atoms with E-state index in [4.69, 9.17) is 0 Å². The molecule has 9 nitrogen and oxygen atoms in total. The fourth-order valence-corrected chi connectivity index (χ4v) is 3.61. The molecule has 1 fully saturated rings. The molecule has 1 amide bonds. The molecule has 4 heterocycles. The van der Waals surface area contributed by atoms with Gasteiger partial charge in [0.25, 0.3) is 0 Å². The fraction of sp³-hybridized carbons (Fsp3) is 0.500. The van der Waals surface area contributed by atoms with Crippen LogP contribution >= 0.6 is 0 Å². The normalized spacial score (nSPS) is 17.4. The van der Waals surface area contributed by atoms with Crippen molar-refractivity contribution in [3.8, 4) is 0 Å². The summed E-state index contributed by atoms with van der Waals surface area (Å²) >= 11 is 0. The lowest BCUT2D eigenvalue weighted by Gasteiger charge is -2.32. The van der Waals surface area contributed by atoms with Crippen molar-refractivity contribution in [1.82, 2.24) is 39.2 Å². The number of carbonyl (C=O) groups excluding carboxylic acids is 1. The average Bonchev–Trinajstić information content (AvgIpc) is 3.40. The zero-order valence-corrected chi connectivity index (χ0v) is 15.7. The Morgan fingerprint density at radius 2 is 2.15 bits per heavy atom. The van der Waals surface area contributed by atoms with Crippen molar-refractivity contribution in [1.29, 1.82) is 0 Å². The highest BCUT2D eigenvalue weighted by atomic mass is 16.2. The Balaban J connectivity index is 1.44. The number of piperidine rings is 1. The molecule has 27 heavy (non-hydrogen) atoms. The second-order valence-corrected chi connectivity index (χ2v) is 7.05. The Morgan fingerprint density at radius 1 is 1.26 bits per heavy atom. The summed E-state index contributed by atoms with van der Waals surface area (Å²) in [7, 11) is 1.99. The van der Waals surface area contributed by atoms with E-state index in [1.54, 1.807) is 17.1 Å². The molecule has 1 atom stereocenters. The van der Waals surface area contributed by atoms with Gasteiger partial charge in [0.2, 0.25) is 5.91 Å². The van der Waals surface area contributed by atoms with Gasteiger partial charge in [-0.25, -0.2) is 0 Å². The van der Waals surface area contributed by atoms with E-state index in [0.29, 0.717) is 13.1 Å². The van der Waals surface area contributed by atoms with Crippen LogP contribution in [0.3, 0.4) is 0 Å². The van der Waals surface area contributed by atoms with Gasteiger partial charge in [-0.1, -0.05) is 0 Å². The molecule has 0 saturated carbocycles. The SMILES string of the molecule is Cc1ccnn1CC(=O)N1CCC[C@H](c2nnc(Cn3cccn3)n2C)C1. The van der Waals surface area contributed by atoms with Gasteiger partial charge in [-0.05, 0) is 31.9 Å². The number of hydrogen-bond donors (Lipinski definition) is 0. The van der Waals surface area contributed by atoms with Crippen molar-refractivity contribution >= 4 is 5.91 Å². The average molecular weight is 368 g/mol. The van der Waals surface area contributed by atoms with E-state index in [1.807, 2.05) is 46.4 Å². The Labute approximate surface area is 157 Å². The lowest BCUT2D eigenvalue weighted by atomic mass is 9.97. The van der Waals surface area contributed by atoms with Gasteiger partial charge in [0, 0.05) is 50.3 Å². The quantitative estimate of drug-likeness (QED) is 0.670. The Morgan fingerprint density at radius 3 is 2.89 bits per heavy atom. The summed E-state index contributed by atoms with van der Waals surface area (Å²) in [6, 6.07) is 3.80. The Kier molecular flexibility index (Phi) is 4.74. The minimum atomic E-state index is 0.102. The molecular formula is C18H24N8O. The number of carbonyl (C=O) groups is 1. The van der Waals surface area contributed by atoms with Crippen LogP contribution in [-0.2, 0) is 24.9 Å². The highest BCUT2D eigenvalue weighted by Gasteiger charge is 2.28. The van der Waals surface area contributed by atoms with Gasteiger partial charge < -0.3 is 9.47 Å². The predicted octanol–water partition coefficient (Wildman–Crippen LogP) is 0.971. The molecule has 0 unspecified atom stereocenters. The first-order valence-corrected chi connectivity index (χ1v) is 9.23. The Hall–Kier alpha value is -2.97. The zero-order valence-electron chi connectivity index (χ0n) is 15.7. The first-order valence-electron chi connectivity index (χ1n) is 9.23. The molecule has 1 aliphatic heterocycles. The van der Waals surface area contributed by atoms with Gasteiger partial charge in [0.1, 0.15) is 18.9 Å². The van der Waals surface area contributed by atoms with Crippen molar-refractivity contribution in [2.24, 2.45) is 7.05 Å². The fourth-order valence-electron chi connectivity index (χ4n) is 3.61. The lowest BCUT2D eigenvalue weighted by Crippen LogP contribution is -2.41. The van der Waals surface area contributed by atoms with Crippen molar-refractivity contribution in [2.75, 3.05) is 13.1 Å². The maximum absolute atomic E-state index is 12.7. The number of rotatable bonds is 5. The first-order chi connectivity index (χ1) is 13.1. The number of hydrogen-bond acceptors (Lipinski definition) is 5. The smallest absolute Gasteiger partial charge is 0.244 e. The molecule has 9 heteroatoms. The van der Waals surface area contributed by atoms with Gasteiger partial charge in [-0.2, -0.15) is 10.2 Å². The zero-order chi connectivity index (χ0) is 18.8. The van der Waals surface area contributed by atoms with Gasteiger partial charge in [-0.15, -0.1) is 10.2 Å². The first kappa shape index (κ1) is 17.4. The summed E-state index contributed by atoms with van der Waals surface area (Å²) < 4.78 is 5.62. The van der Waals surface area contributed by atoms with Crippen LogP contribution in [0.1, 0.15) is 36.1 Å². The summed E-state index contributed by atoms with van der Waals surface area (Å²) in [5.41, 5.74) is 0.994. The van der Waals surface area contributed by atoms with Crippen molar-refractivity contribution in [2.45, 2.75) is 38.8 Å². The minimum Gasteiger partial charge on any atom is -0.340 e. The van der Waals surface area contributed by atoms with Crippen LogP contribution < -0.4 is 0 Å². The summed E-state index contributed by atoms with van der Waals surface area (Å²) in [6.07, 6.45) is 7.37. The molecule has 4 rings (SSSR count). The number of aryl methyl sites for hydroxylation is 1. The topological polar surface area (TPSA) is 86.7 Å². The molecule has 1 saturated heterocycles. The molecule has 0 bridgehead atoms. The van der Waals surface area contributed by atoms with Crippen LogP contribution in [0, 0.1) is 6.92 Å². The van der Waals surface area contributed by atoms with Gasteiger partial charge in [-0.3, -0.25) is 14.2 Å². The number of amides is 1. The number of nitrogens with zero attached hydrogens (tertiary/aromatic N) is 8. The van der Waals surface area contributed by atoms with E-state index < -0.39 is 0 Å². The van der Waals surface area contributed by atoms with Crippen LogP contribution in [0.2, 0.25) is 0 Å². The van der Waals surface area contributed by atoms with Crippen LogP contribution in [0.25, 0.3) is 0 Å². The summed E-state index contributed by atoms with van der Waals surface area (Å²) in [6.45, 7) is 4.29. The number of likely N-dealkylation sites (tertiary alicyclic amines) is 1. The van der Waals surface area contributed by atoms with E-state index in [-0.39, 0.29) is 18.4 Å². The molecule has 0 N–H and O–H groups in total. The summed E-state index contributed by atoms with van der Waals surface area (Å²) in [4.78, 5) is 14.6. The molecular weight excluding hydrogens is 344 g/mol. The highest BCUT2D eigenvalue weighted by molar-refractivity contribution is 5.76. The molecule has 142 valence electrons. The summed E-state index contributed by atoms with van der Waals surface area (Å²) in [5.74, 6) is 2.10. The second kappa shape index (κ2) is 7.34. The van der Waals surface area contributed by atoms with Crippen LogP contribution in [0.15, 0.2) is 30.7 Å². The standard InChI is InChI=1S/C18H24N8O/c1-14-6-8-20-26(14)13-17(27)24-9-3-5-15(11-24)18-22-21-16(23(18)2)12-25-10-4-7-19-25/h4,6-8,10,15H,3,5,9,11-13H2,1-2H3/t15-/m0/s1. The lowest BCUT2D eigenvalue weighted by molar-refractivity contribution is -0.133. The third kappa shape index (κ3) is 3.62. The van der Waals surface area contributed by atoms with E-state index in [9.17, 15) is 4.79 Å². The molecule has 0 radical (unpaired) electrons. The third-order valence-corrected chi connectivity index (χ3v) is 5.21. The molecule has 0 aliphatic carbocycles. The number of aromatic nitrogens is 7. The van der Waals surface area contributed by atoms with E-state index in [0.717, 1.165) is 36.7 Å². The van der Waals surface area contributed by atoms with E-state index >= 15 is 0 Å². The third-order valence-electron chi connectivity index (χ3n) is 5.21. The minimum absolute atomic E-state index is 0.102. The predicted molar refractivity (Wildman–Crippen MR) is 97.9 cm³/mol. The highest BCUT2D eigenvalue weighted by Crippen LogP contribution is 2.26. The van der Waals surface area contributed by atoms with Gasteiger partial charge in [0.05, 0.1) is 0 Å². The molecule has 0 spiro atoms. The van der Waals surface area contributed by atoms with E-state index in [2.05, 4.69) is 20.4 Å². The van der Waals surface area contributed by atoms with Crippen molar-refractivity contribution < 1.29 is 4.79 Å². The van der Waals surface area contributed by atoms with E-state index in [1.165, 1.54) is 0 Å². The molecule has 0 aromatic carbocycles. The van der Waals surface area contributed by atoms with Crippen molar-refractivity contribution in [3.63, 3.8) is 0 Å². The van der Waals surface area contributed by atoms with Gasteiger partial charge >= 0.3 is 0 Å². The Bertz CT molecular complexity index is 910. The van der Waals surface area contributed by atoms with Crippen molar-refractivity contribution in [3.05, 3.63) is 48.1 Å².